The molecular weight excluding hydrogens is 212 g/mol. The molecule has 0 aliphatic heterocycles. The number of hydrogen-bond donors (Lipinski definition) is 0. The van der Waals surface area contributed by atoms with Crippen LogP contribution < -0.4 is 4.89 Å². The molecule has 2 nitrogen and oxygen atoms in total. The van der Waals surface area contributed by atoms with E-state index >= 15 is 0 Å². The van der Waals surface area contributed by atoms with E-state index < -0.39 is 0 Å². The SMILES string of the molecule is C=Cc1cccc(OOC2(C)CCCCC2)c1. The maximum atomic E-state index is 5.62. The summed E-state index contributed by atoms with van der Waals surface area (Å²) in [7, 11) is 0. The van der Waals surface area contributed by atoms with Crippen LogP contribution in [0.4, 0.5) is 0 Å². The van der Waals surface area contributed by atoms with Gasteiger partial charge in [-0.25, -0.2) is 0 Å². The van der Waals surface area contributed by atoms with Crippen molar-refractivity contribution in [3.8, 4) is 5.75 Å². The molecule has 1 aromatic carbocycles. The number of hydrogen-bond acceptors (Lipinski definition) is 2. The average Bonchev–Trinajstić information content (AvgIpc) is 2.38. The van der Waals surface area contributed by atoms with Crippen LogP contribution in [0, 0.1) is 0 Å². The molecule has 0 amide bonds. The lowest BCUT2D eigenvalue weighted by molar-refractivity contribution is -0.294. The Labute approximate surface area is 103 Å². The summed E-state index contributed by atoms with van der Waals surface area (Å²) >= 11 is 0. The van der Waals surface area contributed by atoms with Crippen molar-refractivity contribution in [2.45, 2.75) is 44.6 Å². The van der Waals surface area contributed by atoms with Gasteiger partial charge in [0.1, 0.15) is 5.60 Å². The third-order valence-electron chi connectivity index (χ3n) is 3.34. The molecule has 0 N–H and O–H groups in total. The van der Waals surface area contributed by atoms with E-state index in [9.17, 15) is 0 Å². The van der Waals surface area contributed by atoms with Crippen LogP contribution >= 0.6 is 0 Å². The van der Waals surface area contributed by atoms with Gasteiger partial charge in [-0.15, -0.1) is 0 Å². The lowest BCUT2D eigenvalue weighted by Gasteiger charge is -2.31. The zero-order chi connectivity index (χ0) is 12.1. The molecule has 1 saturated carbocycles. The summed E-state index contributed by atoms with van der Waals surface area (Å²) in [5.41, 5.74) is 0.919. The lowest BCUT2D eigenvalue weighted by Crippen LogP contribution is -2.32. The quantitative estimate of drug-likeness (QED) is 0.567. The molecule has 1 aromatic rings. The van der Waals surface area contributed by atoms with Crippen molar-refractivity contribution in [3.05, 3.63) is 36.4 Å². The van der Waals surface area contributed by atoms with E-state index in [0.717, 1.165) is 24.2 Å². The van der Waals surface area contributed by atoms with Crippen LogP contribution in [0.1, 0.15) is 44.6 Å². The van der Waals surface area contributed by atoms with Crippen molar-refractivity contribution in [2.75, 3.05) is 0 Å². The molecule has 0 radical (unpaired) electrons. The Bertz CT molecular complexity index is 378. The smallest absolute Gasteiger partial charge is 0.166 e. The lowest BCUT2D eigenvalue weighted by atomic mass is 9.87. The molecule has 1 aliphatic carbocycles. The van der Waals surface area contributed by atoms with Gasteiger partial charge in [0.05, 0.1) is 0 Å². The molecule has 0 heterocycles. The first-order valence-corrected chi connectivity index (χ1v) is 6.30. The average molecular weight is 232 g/mol. The molecule has 92 valence electrons. The van der Waals surface area contributed by atoms with Gasteiger partial charge < -0.3 is 4.89 Å². The van der Waals surface area contributed by atoms with Gasteiger partial charge in [0, 0.05) is 0 Å². The van der Waals surface area contributed by atoms with Gasteiger partial charge in [-0.3, -0.25) is 0 Å². The normalized spacial score (nSPS) is 18.6. The fraction of sp³-hybridized carbons (Fsp3) is 0.467. The first kappa shape index (κ1) is 12.2. The Kier molecular flexibility index (Phi) is 3.85. The molecule has 17 heavy (non-hydrogen) atoms. The van der Waals surface area contributed by atoms with E-state index in [2.05, 4.69) is 13.5 Å². The summed E-state index contributed by atoms with van der Waals surface area (Å²) in [6.45, 7) is 5.87. The fourth-order valence-corrected chi connectivity index (χ4v) is 2.23. The Hall–Kier alpha value is -1.28. The van der Waals surface area contributed by atoms with Crippen LogP contribution in [0.25, 0.3) is 6.08 Å². The summed E-state index contributed by atoms with van der Waals surface area (Å²) < 4.78 is 0. The Balaban J connectivity index is 1.94. The third-order valence-corrected chi connectivity index (χ3v) is 3.34. The largest absolute Gasteiger partial charge is 0.337 e. The molecule has 0 unspecified atom stereocenters. The van der Waals surface area contributed by atoms with Gasteiger partial charge in [0.2, 0.25) is 0 Å². The van der Waals surface area contributed by atoms with Crippen molar-refractivity contribution in [2.24, 2.45) is 0 Å². The number of rotatable bonds is 4. The van der Waals surface area contributed by atoms with Crippen molar-refractivity contribution in [1.82, 2.24) is 0 Å². The van der Waals surface area contributed by atoms with E-state index in [-0.39, 0.29) is 5.60 Å². The van der Waals surface area contributed by atoms with Crippen LogP contribution in [0.5, 0.6) is 5.75 Å². The highest BCUT2D eigenvalue weighted by Crippen LogP contribution is 2.31. The summed E-state index contributed by atoms with van der Waals surface area (Å²) in [5.74, 6) is 0.745. The molecule has 2 rings (SSSR count). The van der Waals surface area contributed by atoms with E-state index in [0.29, 0.717) is 0 Å². The zero-order valence-electron chi connectivity index (χ0n) is 10.4. The van der Waals surface area contributed by atoms with E-state index in [1.165, 1.54) is 19.3 Å². The fourth-order valence-electron chi connectivity index (χ4n) is 2.23. The van der Waals surface area contributed by atoms with Crippen molar-refractivity contribution in [3.63, 3.8) is 0 Å². The topological polar surface area (TPSA) is 18.5 Å². The first-order chi connectivity index (χ1) is 8.22. The van der Waals surface area contributed by atoms with Crippen LogP contribution in [0.2, 0.25) is 0 Å². The highest BCUT2D eigenvalue weighted by molar-refractivity contribution is 5.49. The monoisotopic (exact) mass is 232 g/mol. The van der Waals surface area contributed by atoms with Crippen molar-refractivity contribution < 1.29 is 9.78 Å². The van der Waals surface area contributed by atoms with Crippen LogP contribution in [0.3, 0.4) is 0 Å². The predicted octanol–water partition coefficient (Wildman–Crippen LogP) is 4.36. The minimum Gasteiger partial charge on any atom is -0.337 e. The summed E-state index contributed by atoms with van der Waals surface area (Å²) in [5, 5.41) is 0. The Morgan fingerprint density at radius 2 is 2.00 bits per heavy atom. The Morgan fingerprint density at radius 1 is 1.24 bits per heavy atom. The highest BCUT2D eigenvalue weighted by atomic mass is 17.2. The number of benzene rings is 1. The molecule has 2 heteroatoms. The van der Waals surface area contributed by atoms with Gasteiger partial charge in [0.25, 0.3) is 0 Å². The summed E-state index contributed by atoms with van der Waals surface area (Å²) in [4.78, 5) is 11.1. The van der Waals surface area contributed by atoms with Crippen LogP contribution in [-0.4, -0.2) is 5.60 Å². The van der Waals surface area contributed by atoms with Crippen molar-refractivity contribution >= 4 is 6.08 Å². The van der Waals surface area contributed by atoms with Gasteiger partial charge >= 0.3 is 0 Å². The molecule has 0 bridgehead atoms. The molecule has 0 aromatic heterocycles. The third kappa shape index (κ3) is 3.34. The zero-order valence-corrected chi connectivity index (χ0v) is 10.4. The minimum absolute atomic E-state index is 0.123. The van der Waals surface area contributed by atoms with E-state index in [1.54, 1.807) is 6.08 Å². The molecule has 0 spiro atoms. The van der Waals surface area contributed by atoms with E-state index in [4.69, 9.17) is 9.78 Å². The van der Waals surface area contributed by atoms with Crippen LogP contribution in [-0.2, 0) is 4.89 Å². The molecule has 0 atom stereocenters. The molecule has 0 saturated heterocycles. The maximum Gasteiger partial charge on any atom is 0.166 e. The van der Waals surface area contributed by atoms with Gasteiger partial charge in [0.15, 0.2) is 5.75 Å². The summed E-state index contributed by atoms with van der Waals surface area (Å²) in [6, 6.07) is 7.76. The molecular formula is C15H20O2. The summed E-state index contributed by atoms with van der Waals surface area (Å²) in [6.07, 6.45) is 7.72. The first-order valence-electron chi connectivity index (χ1n) is 6.30. The van der Waals surface area contributed by atoms with Gasteiger partial charge in [-0.05, 0) is 37.5 Å². The second kappa shape index (κ2) is 5.37. The van der Waals surface area contributed by atoms with Gasteiger partial charge in [-0.2, -0.15) is 4.89 Å². The second-order valence-corrected chi connectivity index (χ2v) is 4.95. The second-order valence-electron chi connectivity index (χ2n) is 4.95. The maximum absolute atomic E-state index is 5.62. The Morgan fingerprint density at radius 3 is 2.71 bits per heavy atom. The van der Waals surface area contributed by atoms with Crippen molar-refractivity contribution in [1.29, 1.82) is 0 Å². The molecule has 1 fully saturated rings. The van der Waals surface area contributed by atoms with E-state index in [1.807, 2.05) is 24.3 Å². The highest BCUT2D eigenvalue weighted by Gasteiger charge is 2.29. The van der Waals surface area contributed by atoms with Gasteiger partial charge in [-0.1, -0.05) is 44.1 Å². The molecule has 1 aliphatic rings. The predicted molar refractivity (Wildman–Crippen MR) is 69.7 cm³/mol. The van der Waals surface area contributed by atoms with Crippen LogP contribution in [0.15, 0.2) is 30.8 Å². The standard InChI is InChI=1S/C15H20O2/c1-3-13-8-7-9-14(12-13)16-17-15(2)10-5-4-6-11-15/h3,7-9,12H,1,4-6,10-11H2,2H3. The minimum atomic E-state index is -0.123.